The van der Waals surface area contributed by atoms with Gasteiger partial charge in [-0.05, 0) is 13.0 Å². The molecule has 1 aromatic heterocycles. The average Bonchev–Trinajstić information content (AvgIpc) is 2.30. The van der Waals surface area contributed by atoms with Crippen molar-refractivity contribution >= 4 is 17.8 Å². The Morgan fingerprint density at radius 1 is 1.47 bits per heavy atom. The smallest absolute Gasteiger partial charge is 0.308 e. The maximum Gasteiger partial charge on any atom is 0.308 e. The Balaban J connectivity index is 2.23. The second-order valence-corrected chi connectivity index (χ2v) is 3.28. The molecule has 0 spiro atoms. The van der Waals surface area contributed by atoms with Gasteiger partial charge in [0.25, 0.3) is 5.91 Å². The minimum absolute atomic E-state index is 0.107. The lowest BCUT2D eigenvalue weighted by molar-refractivity contribution is -0.153. The van der Waals surface area contributed by atoms with Crippen molar-refractivity contribution in [2.45, 2.75) is 19.4 Å². The van der Waals surface area contributed by atoms with Gasteiger partial charge < -0.3 is 15.8 Å². The Morgan fingerprint density at radius 3 is 2.71 bits per heavy atom. The lowest BCUT2D eigenvalue weighted by Crippen LogP contribution is -2.30. The third kappa shape index (κ3) is 4.92. The van der Waals surface area contributed by atoms with Crippen LogP contribution >= 0.6 is 0 Å². The van der Waals surface area contributed by atoms with Gasteiger partial charge in [0.15, 0.2) is 6.10 Å². The molecule has 0 aliphatic heterocycles. The quantitative estimate of drug-likeness (QED) is 0.658. The monoisotopic (exact) mass is 238 g/mol. The summed E-state index contributed by atoms with van der Waals surface area (Å²) in [6.07, 6.45) is 2.37. The van der Waals surface area contributed by atoms with Gasteiger partial charge in [0.1, 0.15) is 0 Å². The SMILES string of the molecule is CC(OC(=O)CCNc1ncccn1)C(N)=O. The maximum atomic E-state index is 11.2. The van der Waals surface area contributed by atoms with Crippen LogP contribution in [0, 0.1) is 0 Å². The van der Waals surface area contributed by atoms with Crippen molar-refractivity contribution in [2.24, 2.45) is 5.73 Å². The molecule has 7 nitrogen and oxygen atoms in total. The zero-order valence-electron chi connectivity index (χ0n) is 9.42. The van der Waals surface area contributed by atoms with Crippen molar-refractivity contribution in [3.8, 4) is 0 Å². The first kappa shape index (κ1) is 12.9. The lowest BCUT2D eigenvalue weighted by atomic mass is 10.4. The molecular formula is C10H14N4O3. The summed E-state index contributed by atoms with van der Waals surface area (Å²) in [5.41, 5.74) is 4.95. The zero-order valence-corrected chi connectivity index (χ0v) is 9.42. The number of nitrogens with one attached hydrogen (secondary N) is 1. The van der Waals surface area contributed by atoms with E-state index in [0.717, 1.165) is 0 Å². The average molecular weight is 238 g/mol. The largest absolute Gasteiger partial charge is 0.453 e. The van der Waals surface area contributed by atoms with E-state index in [-0.39, 0.29) is 6.42 Å². The van der Waals surface area contributed by atoms with Crippen molar-refractivity contribution < 1.29 is 14.3 Å². The fourth-order valence-electron chi connectivity index (χ4n) is 0.981. The number of rotatable bonds is 6. The molecule has 1 unspecified atom stereocenters. The van der Waals surface area contributed by atoms with Gasteiger partial charge >= 0.3 is 5.97 Å². The highest BCUT2D eigenvalue weighted by Gasteiger charge is 2.13. The number of hydrogen-bond donors (Lipinski definition) is 2. The topological polar surface area (TPSA) is 107 Å². The molecule has 1 aromatic rings. The Morgan fingerprint density at radius 2 is 2.12 bits per heavy atom. The van der Waals surface area contributed by atoms with Crippen molar-refractivity contribution in [1.29, 1.82) is 0 Å². The Hall–Kier alpha value is -2.18. The number of aromatic nitrogens is 2. The third-order valence-electron chi connectivity index (χ3n) is 1.89. The van der Waals surface area contributed by atoms with Crippen molar-refractivity contribution in [3.63, 3.8) is 0 Å². The first-order valence-corrected chi connectivity index (χ1v) is 5.09. The zero-order chi connectivity index (χ0) is 12.7. The molecule has 1 amide bonds. The predicted octanol–water partition coefficient (Wildman–Crippen LogP) is -0.304. The molecule has 1 atom stereocenters. The molecule has 0 aliphatic carbocycles. The first-order chi connectivity index (χ1) is 8.09. The van der Waals surface area contributed by atoms with Crippen molar-refractivity contribution in [2.75, 3.05) is 11.9 Å². The number of hydrogen-bond acceptors (Lipinski definition) is 6. The summed E-state index contributed by atoms with van der Waals surface area (Å²) in [5.74, 6) is -0.735. The number of primary amides is 1. The Kier molecular flexibility index (Phi) is 4.86. The summed E-state index contributed by atoms with van der Waals surface area (Å²) in [4.78, 5) is 29.7. The number of ether oxygens (including phenoxy) is 1. The van der Waals surface area contributed by atoms with Gasteiger partial charge in [0.05, 0.1) is 6.42 Å². The van der Waals surface area contributed by atoms with E-state index in [2.05, 4.69) is 15.3 Å². The summed E-state index contributed by atoms with van der Waals surface area (Å²) in [6.45, 7) is 1.75. The van der Waals surface area contributed by atoms with Gasteiger partial charge in [-0.1, -0.05) is 0 Å². The van der Waals surface area contributed by atoms with Crippen LogP contribution in [0.4, 0.5) is 5.95 Å². The molecule has 0 saturated heterocycles. The Labute approximate surface area is 98.4 Å². The molecule has 1 heterocycles. The van der Waals surface area contributed by atoms with Crippen LogP contribution in [0.1, 0.15) is 13.3 Å². The second kappa shape index (κ2) is 6.41. The van der Waals surface area contributed by atoms with Crippen LogP contribution in [0.3, 0.4) is 0 Å². The normalized spacial score (nSPS) is 11.6. The van der Waals surface area contributed by atoms with E-state index < -0.39 is 18.0 Å². The molecule has 0 saturated carbocycles. The molecule has 0 bridgehead atoms. The van der Waals surface area contributed by atoms with Crippen molar-refractivity contribution in [3.05, 3.63) is 18.5 Å². The summed E-state index contributed by atoms with van der Waals surface area (Å²) >= 11 is 0. The van der Waals surface area contributed by atoms with E-state index in [1.807, 2.05) is 0 Å². The fraction of sp³-hybridized carbons (Fsp3) is 0.400. The molecule has 0 fully saturated rings. The number of carbonyl (C=O) groups is 2. The number of anilines is 1. The highest BCUT2D eigenvalue weighted by atomic mass is 16.5. The third-order valence-corrected chi connectivity index (χ3v) is 1.89. The van der Waals surface area contributed by atoms with Crippen LogP contribution < -0.4 is 11.1 Å². The van der Waals surface area contributed by atoms with E-state index in [1.165, 1.54) is 6.92 Å². The predicted molar refractivity (Wildman–Crippen MR) is 59.9 cm³/mol. The minimum Gasteiger partial charge on any atom is -0.453 e. The molecule has 17 heavy (non-hydrogen) atoms. The molecular weight excluding hydrogens is 224 g/mol. The van der Waals surface area contributed by atoms with Crippen molar-refractivity contribution in [1.82, 2.24) is 9.97 Å². The first-order valence-electron chi connectivity index (χ1n) is 5.09. The van der Waals surface area contributed by atoms with Gasteiger partial charge in [-0.2, -0.15) is 0 Å². The van der Waals surface area contributed by atoms with E-state index >= 15 is 0 Å². The number of nitrogens with two attached hydrogens (primary N) is 1. The van der Waals surface area contributed by atoms with Gasteiger partial charge in [0.2, 0.25) is 5.95 Å². The van der Waals surface area contributed by atoms with Crippen LogP contribution in [-0.2, 0) is 14.3 Å². The van der Waals surface area contributed by atoms with Gasteiger partial charge in [-0.15, -0.1) is 0 Å². The van der Waals surface area contributed by atoms with Crippen LogP contribution in [0.2, 0.25) is 0 Å². The van der Waals surface area contributed by atoms with Gasteiger partial charge in [-0.3, -0.25) is 9.59 Å². The number of nitrogens with zero attached hydrogens (tertiary/aromatic N) is 2. The van der Waals surface area contributed by atoms with E-state index in [4.69, 9.17) is 10.5 Å². The highest BCUT2D eigenvalue weighted by Crippen LogP contribution is 1.97. The summed E-state index contributed by atoms with van der Waals surface area (Å²) < 4.78 is 4.76. The van der Waals surface area contributed by atoms with Gasteiger partial charge in [0, 0.05) is 18.9 Å². The lowest BCUT2D eigenvalue weighted by Gasteiger charge is -2.09. The number of esters is 1. The number of carbonyl (C=O) groups excluding carboxylic acids is 2. The fourth-order valence-corrected chi connectivity index (χ4v) is 0.981. The van der Waals surface area contributed by atoms with Crippen LogP contribution in [0.25, 0.3) is 0 Å². The summed E-state index contributed by atoms with van der Waals surface area (Å²) in [7, 11) is 0. The molecule has 92 valence electrons. The van der Waals surface area contributed by atoms with Crippen LogP contribution in [-0.4, -0.2) is 34.5 Å². The molecule has 7 heteroatoms. The maximum absolute atomic E-state index is 11.2. The Bertz CT molecular complexity index is 382. The second-order valence-electron chi connectivity index (χ2n) is 3.28. The molecule has 3 N–H and O–H groups in total. The van der Waals surface area contributed by atoms with Crippen LogP contribution in [0.5, 0.6) is 0 Å². The van der Waals surface area contributed by atoms with E-state index in [1.54, 1.807) is 18.5 Å². The van der Waals surface area contributed by atoms with Crippen LogP contribution in [0.15, 0.2) is 18.5 Å². The minimum atomic E-state index is -0.907. The molecule has 0 aliphatic rings. The molecule has 1 rings (SSSR count). The number of amides is 1. The molecule has 0 aromatic carbocycles. The van der Waals surface area contributed by atoms with E-state index in [0.29, 0.717) is 12.5 Å². The van der Waals surface area contributed by atoms with E-state index in [9.17, 15) is 9.59 Å². The summed E-state index contributed by atoms with van der Waals surface area (Å²) in [6, 6.07) is 1.69. The molecule has 0 radical (unpaired) electrons. The summed E-state index contributed by atoms with van der Waals surface area (Å²) in [5, 5.41) is 2.84. The standard InChI is InChI=1S/C10H14N4O3/c1-7(9(11)16)17-8(15)3-6-14-10-12-4-2-5-13-10/h2,4-5,7H,3,6H2,1H3,(H2,11,16)(H,12,13,14). The van der Waals surface area contributed by atoms with Gasteiger partial charge in [-0.25, -0.2) is 9.97 Å². The highest BCUT2D eigenvalue weighted by molar-refractivity contribution is 5.81.